The van der Waals surface area contributed by atoms with E-state index in [1.165, 1.54) is 32.8 Å². The van der Waals surface area contributed by atoms with Crippen LogP contribution in [0.15, 0.2) is 170 Å². The molecule has 0 saturated carbocycles. The highest BCUT2D eigenvalue weighted by molar-refractivity contribution is 6.58. The molecule has 6 nitrogen and oxygen atoms in total. The topological polar surface area (TPSA) is 75.1 Å². The summed E-state index contributed by atoms with van der Waals surface area (Å²) in [6.07, 6.45) is 7.71. The van der Waals surface area contributed by atoms with Crippen molar-refractivity contribution in [3.8, 4) is 11.1 Å². The summed E-state index contributed by atoms with van der Waals surface area (Å²) in [6, 6.07) is 48.5. The molecule has 4 aromatic heterocycles. The van der Waals surface area contributed by atoms with Crippen LogP contribution in [0.4, 0.5) is 0 Å². The number of aromatic nitrogens is 4. The number of hydrogen-bond acceptors (Lipinski definition) is 4. The third-order valence-electron chi connectivity index (χ3n) is 8.89. The third-order valence-corrected chi connectivity index (χ3v) is 9.21. The van der Waals surface area contributed by atoms with Gasteiger partial charge in [-0.15, -0.1) is 0 Å². The second-order valence-electron chi connectivity index (χ2n) is 11.8. The highest BCUT2D eigenvalue weighted by atomic mass is 35.5. The van der Waals surface area contributed by atoms with Gasteiger partial charge in [0.1, 0.15) is 11.3 Å². The minimum atomic E-state index is -1.34. The Morgan fingerprint density at radius 2 is 0.960 bits per heavy atom. The molecule has 0 saturated heterocycles. The average molecular weight is 669 g/mol. The maximum atomic E-state index is 8.58. The van der Waals surface area contributed by atoms with Crippen molar-refractivity contribution in [3.63, 3.8) is 0 Å². The molecule has 10 aromatic rings. The largest absolute Gasteiger partial charge is 0.488 e. The van der Waals surface area contributed by atoms with E-state index in [1.807, 2.05) is 55.1 Å². The standard InChI is InChI=1S/C21H14N2.C15H9ClN2.C6H7BO2/c1-2-7-15(8-3-1)16-11-6-12-19-20(16)17-9-4-5-10-18(17)21-22-13-14-23(19)21;16-12-6-3-7-13-14(12)10-4-1-2-5-11(10)15-17-8-9-18(13)15;8-7(9)6-4-2-1-3-5-6/h1-14H;1-9H;1-5,8-9H. The van der Waals surface area contributed by atoms with Crippen molar-refractivity contribution in [2.75, 3.05) is 0 Å². The number of pyridine rings is 2. The van der Waals surface area contributed by atoms with Gasteiger partial charge in [-0.1, -0.05) is 139 Å². The van der Waals surface area contributed by atoms with Gasteiger partial charge in [-0.25, -0.2) is 9.97 Å². The lowest BCUT2D eigenvalue weighted by Gasteiger charge is -2.12. The van der Waals surface area contributed by atoms with Gasteiger partial charge in [-0.3, -0.25) is 8.80 Å². The van der Waals surface area contributed by atoms with Crippen molar-refractivity contribution in [1.29, 1.82) is 0 Å². The second kappa shape index (κ2) is 13.5. The predicted octanol–water partition coefficient (Wildman–Crippen LogP) is 8.97. The fourth-order valence-corrected chi connectivity index (χ4v) is 6.95. The fourth-order valence-electron chi connectivity index (χ4n) is 6.67. The van der Waals surface area contributed by atoms with E-state index >= 15 is 0 Å². The smallest absolute Gasteiger partial charge is 0.423 e. The monoisotopic (exact) mass is 668 g/mol. The molecule has 0 aliphatic heterocycles. The third kappa shape index (κ3) is 5.63. The average Bonchev–Trinajstić information content (AvgIpc) is 3.88. The molecule has 6 aromatic carbocycles. The Kier molecular flexibility index (Phi) is 8.45. The first-order valence-corrected chi connectivity index (χ1v) is 16.6. The van der Waals surface area contributed by atoms with Gasteiger partial charge >= 0.3 is 7.12 Å². The normalized spacial score (nSPS) is 11.1. The molecular formula is C42H30BClN4O2. The molecule has 0 unspecified atom stereocenters. The van der Waals surface area contributed by atoms with E-state index in [-0.39, 0.29) is 0 Å². The minimum Gasteiger partial charge on any atom is -0.423 e. The molecule has 10 rings (SSSR count). The molecule has 0 spiro atoms. The van der Waals surface area contributed by atoms with Gasteiger partial charge in [0.2, 0.25) is 0 Å². The van der Waals surface area contributed by atoms with Crippen LogP contribution in [0.3, 0.4) is 0 Å². The van der Waals surface area contributed by atoms with Crippen LogP contribution < -0.4 is 5.46 Å². The lowest BCUT2D eigenvalue weighted by molar-refractivity contribution is 0.426. The zero-order valence-electron chi connectivity index (χ0n) is 26.8. The van der Waals surface area contributed by atoms with E-state index < -0.39 is 7.12 Å². The van der Waals surface area contributed by atoms with Crippen molar-refractivity contribution in [1.82, 2.24) is 18.8 Å². The van der Waals surface area contributed by atoms with Gasteiger partial charge in [-0.05, 0) is 45.6 Å². The van der Waals surface area contributed by atoms with Crippen LogP contribution in [-0.2, 0) is 0 Å². The Morgan fingerprint density at radius 3 is 1.52 bits per heavy atom. The summed E-state index contributed by atoms with van der Waals surface area (Å²) in [7, 11) is -1.34. The molecule has 4 heterocycles. The Hall–Kier alpha value is -5.99. The molecule has 8 heteroatoms. The van der Waals surface area contributed by atoms with Crippen molar-refractivity contribution in [2.45, 2.75) is 0 Å². The number of benzene rings is 6. The van der Waals surface area contributed by atoms with E-state index in [4.69, 9.17) is 21.6 Å². The maximum absolute atomic E-state index is 8.58. The van der Waals surface area contributed by atoms with Gasteiger partial charge in [0, 0.05) is 46.3 Å². The Labute approximate surface area is 293 Å². The van der Waals surface area contributed by atoms with E-state index in [9.17, 15) is 0 Å². The zero-order chi connectivity index (χ0) is 34.0. The number of nitrogens with zero attached hydrogens (tertiary/aromatic N) is 4. The molecule has 0 atom stereocenters. The highest BCUT2D eigenvalue weighted by Crippen LogP contribution is 2.36. The van der Waals surface area contributed by atoms with Crippen LogP contribution in [0.2, 0.25) is 5.02 Å². The van der Waals surface area contributed by atoms with E-state index in [0.717, 1.165) is 38.0 Å². The maximum Gasteiger partial charge on any atom is 0.488 e. The molecule has 0 aliphatic carbocycles. The molecular weight excluding hydrogens is 639 g/mol. The first-order chi connectivity index (χ1) is 24.6. The quantitative estimate of drug-likeness (QED) is 0.142. The van der Waals surface area contributed by atoms with Crippen LogP contribution in [0.25, 0.3) is 65.8 Å². The van der Waals surface area contributed by atoms with Crippen LogP contribution in [0.1, 0.15) is 0 Å². The number of rotatable bonds is 2. The first kappa shape index (κ1) is 31.3. The predicted molar refractivity (Wildman–Crippen MR) is 207 cm³/mol. The Morgan fingerprint density at radius 1 is 0.480 bits per heavy atom. The first-order valence-electron chi connectivity index (χ1n) is 16.2. The summed E-state index contributed by atoms with van der Waals surface area (Å²) in [5.74, 6) is 0. The lowest BCUT2D eigenvalue weighted by atomic mass is 9.81. The van der Waals surface area contributed by atoms with Gasteiger partial charge in [0.05, 0.1) is 16.1 Å². The van der Waals surface area contributed by atoms with Crippen LogP contribution in [-0.4, -0.2) is 35.9 Å². The number of hydrogen-bond donors (Lipinski definition) is 2. The van der Waals surface area contributed by atoms with Crippen LogP contribution in [0, 0.1) is 0 Å². The molecule has 0 amide bonds. The Bertz CT molecular complexity index is 2760. The van der Waals surface area contributed by atoms with Crippen LogP contribution in [0.5, 0.6) is 0 Å². The second-order valence-corrected chi connectivity index (χ2v) is 12.2. The minimum absolute atomic E-state index is 0.525. The van der Waals surface area contributed by atoms with Gasteiger partial charge in [0.15, 0.2) is 0 Å². The summed E-state index contributed by atoms with van der Waals surface area (Å²) in [5, 5.41) is 25.0. The van der Waals surface area contributed by atoms with Gasteiger partial charge < -0.3 is 10.0 Å². The SMILES string of the molecule is Clc1cccc2c1c1ccccc1c1nccn21.OB(O)c1ccccc1.c1ccc(-c2cccc3c2c2ccccc2c2nccn32)cc1. The molecule has 2 N–H and O–H groups in total. The molecule has 0 fully saturated rings. The molecule has 240 valence electrons. The zero-order valence-corrected chi connectivity index (χ0v) is 27.6. The van der Waals surface area contributed by atoms with Gasteiger partial charge in [-0.2, -0.15) is 0 Å². The summed E-state index contributed by atoms with van der Waals surface area (Å²) in [5.41, 5.74) is 7.29. The Balaban J connectivity index is 0.000000119. The summed E-state index contributed by atoms with van der Waals surface area (Å²) in [6.45, 7) is 0. The van der Waals surface area contributed by atoms with Gasteiger partial charge in [0.25, 0.3) is 0 Å². The summed E-state index contributed by atoms with van der Waals surface area (Å²) in [4.78, 5) is 9.01. The van der Waals surface area contributed by atoms with E-state index in [2.05, 4.69) is 110 Å². The highest BCUT2D eigenvalue weighted by Gasteiger charge is 2.13. The van der Waals surface area contributed by atoms with Crippen molar-refractivity contribution < 1.29 is 10.0 Å². The van der Waals surface area contributed by atoms with Crippen LogP contribution >= 0.6 is 11.6 Å². The number of fused-ring (bicyclic) bond motifs is 12. The molecule has 50 heavy (non-hydrogen) atoms. The van der Waals surface area contributed by atoms with E-state index in [0.29, 0.717) is 5.46 Å². The summed E-state index contributed by atoms with van der Waals surface area (Å²) < 4.78 is 4.27. The number of halogens is 1. The van der Waals surface area contributed by atoms with Crippen molar-refractivity contribution >= 4 is 78.8 Å². The van der Waals surface area contributed by atoms with Crippen molar-refractivity contribution in [3.05, 3.63) is 175 Å². The summed E-state index contributed by atoms with van der Waals surface area (Å²) >= 11 is 6.37. The molecule has 0 aliphatic rings. The number of imidazole rings is 2. The van der Waals surface area contributed by atoms with E-state index in [1.54, 1.807) is 24.3 Å². The lowest BCUT2D eigenvalue weighted by Crippen LogP contribution is -2.29. The molecule has 0 radical (unpaired) electrons. The fraction of sp³-hybridized carbons (Fsp3) is 0. The molecule has 0 bridgehead atoms. The van der Waals surface area contributed by atoms with Crippen molar-refractivity contribution in [2.24, 2.45) is 0 Å².